The lowest BCUT2D eigenvalue weighted by atomic mass is 10.1. The van der Waals surface area contributed by atoms with Gasteiger partial charge in [-0.3, -0.25) is 0 Å². The van der Waals surface area contributed by atoms with Crippen LogP contribution in [0, 0.1) is 6.92 Å². The molecular weight excluding hydrogens is 168 g/mol. The van der Waals surface area contributed by atoms with E-state index >= 15 is 0 Å². The van der Waals surface area contributed by atoms with E-state index in [-0.39, 0.29) is 0 Å². The van der Waals surface area contributed by atoms with Gasteiger partial charge in [0.2, 0.25) is 0 Å². The Morgan fingerprint density at radius 2 is 2.23 bits per heavy atom. The number of hydrogen-bond donors (Lipinski definition) is 1. The van der Waals surface area contributed by atoms with Gasteiger partial charge in [-0.05, 0) is 24.5 Å². The second-order valence-corrected chi connectivity index (χ2v) is 2.78. The summed E-state index contributed by atoms with van der Waals surface area (Å²) in [7, 11) is 0. The Bertz CT molecular complexity index is 318. The second-order valence-electron chi connectivity index (χ2n) is 2.78. The molecule has 0 spiro atoms. The first-order chi connectivity index (χ1) is 6.15. The zero-order chi connectivity index (χ0) is 9.84. The molecule has 1 aromatic rings. The summed E-state index contributed by atoms with van der Waals surface area (Å²) in [5.74, 6) is 0.470. The maximum atomic E-state index is 10.4. The fraction of sp³-hybridized carbons (Fsp3) is 0.300. The molecule has 0 unspecified atom stereocenters. The third-order valence-electron chi connectivity index (χ3n) is 1.86. The number of rotatable bonds is 2. The Labute approximate surface area is 77.0 Å². The van der Waals surface area contributed by atoms with Crippen molar-refractivity contribution in [2.24, 2.45) is 0 Å². The lowest BCUT2D eigenvalue weighted by Gasteiger charge is -2.08. The van der Waals surface area contributed by atoms with Crippen molar-refractivity contribution < 1.29 is 14.6 Å². The van der Waals surface area contributed by atoms with Crippen LogP contribution < -0.4 is 4.74 Å². The first kappa shape index (κ1) is 9.58. The summed E-state index contributed by atoms with van der Waals surface area (Å²) < 4.78 is 4.68. The number of benzene rings is 1. The number of ether oxygens (including phenoxy) is 1. The van der Waals surface area contributed by atoms with E-state index in [1.807, 2.05) is 32.0 Å². The van der Waals surface area contributed by atoms with Gasteiger partial charge in [0.15, 0.2) is 0 Å². The summed E-state index contributed by atoms with van der Waals surface area (Å²) in [5, 5.41) is 8.49. The molecule has 0 saturated heterocycles. The van der Waals surface area contributed by atoms with Crippen molar-refractivity contribution in [2.45, 2.75) is 20.3 Å². The first-order valence-electron chi connectivity index (χ1n) is 4.14. The number of carboxylic acid groups (broad SMARTS) is 1. The molecule has 3 heteroatoms. The highest BCUT2D eigenvalue weighted by Gasteiger charge is 2.08. The molecule has 70 valence electrons. The molecule has 0 aromatic heterocycles. The second kappa shape index (κ2) is 3.94. The van der Waals surface area contributed by atoms with Gasteiger partial charge in [-0.2, -0.15) is 0 Å². The molecule has 0 atom stereocenters. The number of carbonyl (C=O) groups is 1. The van der Waals surface area contributed by atoms with E-state index < -0.39 is 6.16 Å². The van der Waals surface area contributed by atoms with E-state index in [1.54, 1.807) is 0 Å². The van der Waals surface area contributed by atoms with Crippen LogP contribution in [0.1, 0.15) is 18.1 Å². The quantitative estimate of drug-likeness (QED) is 0.562. The van der Waals surface area contributed by atoms with E-state index in [4.69, 9.17) is 5.11 Å². The lowest BCUT2D eigenvalue weighted by Crippen LogP contribution is -2.06. The monoisotopic (exact) mass is 180 g/mol. The van der Waals surface area contributed by atoms with Gasteiger partial charge in [0.05, 0.1) is 0 Å². The normalized spacial score (nSPS) is 9.69. The molecule has 0 saturated carbocycles. The van der Waals surface area contributed by atoms with Gasteiger partial charge >= 0.3 is 6.16 Å². The minimum Gasteiger partial charge on any atom is -0.449 e. The van der Waals surface area contributed by atoms with Crippen molar-refractivity contribution in [1.29, 1.82) is 0 Å². The van der Waals surface area contributed by atoms with Gasteiger partial charge < -0.3 is 9.84 Å². The highest BCUT2D eigenvalue weighted by atomic mass is 16.7. The van der Waals surface area contributed by atoms with Crippen LogP contribution in [-0.4, -0.2) is 11.3 Å². The van der Waals surface area contributed by atoms with Gasteiger partial charge in [0.25, 0.3) is 0 Å². The van der Waals surface area contributed by atoms with Crippen LogP contribution >= 0.6 is 0 Å². The van der Waals surface area contributed by atoms with Crippen LogP contribution in [0.25, 0.3) is 0 Å². The molecule has 0 radical (unpaired) electrons. The van der Waals surface area contributed by atoms with Crippen LogP contribution in [-0.2, 0) is 6.42 Å². The molecule has 13 heavy (non-hydrogen) atoms. The number of para-hydroxylation sites is 1. The van der Waals surface area contributed by atoms with Gasteiger partial charge in [-0.25, -0.2) is 4.79 Å². The Balaban J connectivity index is 3.07. The van der Waals surface area contributed by atoms with Crippen molar-refractivity contribution in [2.75, 3.05) is 0 Å². The molecule has 0 fully saturated rings. The summed E-state index contributed by atoms with van der Waals surface area (Å²) in [4.78, 5) is 10.4. The number of aryl methyl sites for hydroxylation is 2. The van der Waals surface area contributed by atoms with E-state index in [1.165, 1.54) is 0 Å². The smallest absolute Gasteiger partial charge is 0.449 e. The standard InChI is InChI=1S/C10H12O3/c1-3-8-6-4-5-7(2)9(8)13-10(11)12/h4-6H,3H2,1-2H3,(H,11,12). The molecular formula is C10H12O3. The van der Waals surface area contributed by atoms with Crippen molar-refractivity contribution >= 4 is 6.16 Å². The van der Waals surface area contributed by atoms with Crippen LogP contribution in [0.2, 0.25) is 0 Å². The predicted octanol–water partition coefficient (Wildman–Crippen LogP) is 2.61. The maximum Gasteiger partial charge on any atom is 0.511 e. The number of hydrogen-bond acceptors (Lipinski definition) is 2. The average Bonchev–Trinajstić information content (AvgIpc) is 2.08. The van der Waals surface area contributed by atoms with Crippen molar-refractivity contribution in [3.8, 4) is 5.75 Å². The summed E-state index contributed by atoms with van der Waals surface area (Å²) in [5.41, 5.74) is 1.77. The van der Waals surface area contributed by atoms with Gasteiger partial charge in [0.1, 0.15) is 5.75 Å². The van der Waals surface area contributed by atoms with E-state index in [9.17, 15) is 4.79 Å². The highest BCUT2D eigenvalue weighted by Crippen LogP contribution is 2.23. The summed E-state index contributed by atoms with van der Waals surface area (Å²) in [6.45, 7) is 3.79. The third kappa shape index (κ3) is 2.21. The summed E-state index contributed by atoms with van der Waals surface area (Å²) >= 11 is 0. The molecule has 0 aliphatic carbocycles. The van der Waals surface area contributed by atoms with Gasteiger partial charge in [-0.15, -0.1) is 0 Å². The fourth-order valence-corrected chi connectivity index (χ4v) is 1.22. The zero-order valence-corrected chi connectivity index (χ0v) is 7.70. The maximum absolute atomic E-state index is 10.4. The minimum atomic E-state index is -1.26. The van der Waals surface area contributed by atoms with Gasteiger partial charge in [-0.1, -0.05) is 25.1 Å². The SMILES string of the molecule is CCc1cccc(C)c1OC(=O)O. The molecule has 3 nitrogen and oxygen atoms in total. The zero-order valence-electron chi connectivity index (χ0n) is 7.70. The summed E-state index contributed by atoms with van der Waals surface area (Å²) in [6.07, 6.45) is -0.492. The first-order valence-corrected chi connectivity index (χ1v) is 4.14. The van der Waals surface area contributed by atoms with Crippen LogP contribution in [0.15, 0.2) is 18.2 Å². The van der Waals surface area contributed by atoms with Crippen LogP contribution in [0.5, 0.6) is 5.75 Å². The lowest BCUT2D eigenvalue weighted by molar-refractivity contribution is 0.143. The molecule has 1 N–H and O–H groups in total. The largest absolute Gasteiger partial charge is 0.511 e. The molecule has 0 amide bonds. The Hall–Kier alpha value is -1.51. The van der Waals surface area contributed by atoms with Crippen molar-refractivity contribution in [3.63, 3.8) is 0 Å². The van der Waals surface area contributed by atoms with Crippen molar-refractivity contribution in [3.05, 3.63) is 29.3 Å². The topological polar surface area (TPSA) is 46.5 Å². The van der Waals surface area contributed by atoms with Gasteiger partial charge in [0, 0.05) is 0 Å². The Morgan fingerprint density at radius 1 is 1.54 bits per heavy atom. The minimum absolute atomic E-state index is 0.470. The Morgan fingerprint density at radius 3 is 2.77 bits per heavy atom. The molecule has 1 aromatic carbocycles. The van der Waals surface area contributed by atoms with E-state index in [0.29, 0.717) is 5.75 Å². The molecule has 0 heterocycles. The molecule has 1 rings (SSSR count). The van der Waals surface area contributed by atoms with Crippen molar-refractivity contribution in [1.82, 2.24) is 0 Å². The van der Waals surface area contributed by atoms with E-state index in [0.717, 1.165) is 17.5 Å². The van der Waals surface area contributed by atoms with E-state index in [2.05, 4.69) is 4.74 Å². The molecule has 0 aliphatic rings. The third-order valence-corrected chi connectivity index (χ3v) is 1.86. The van der Waals surface area contributed by atoms with Crippen LogP contribution in [0.3, 0.4) is 0 Å². The average molecular weight is 180 g/mol. The molecule has 0 aliphatic heterocycles. The highest BCUT2D eigenvalue weighted by molar-refractivity contribution is 5.63. The predicted molar refractivity (Wildman–Crippen MR) is 49.2 cm³/mol. The van der Waals surface area contributed by atoms with Crippen LogP contribution in [0.4, 0.5) is 4.79 Å². The fourth-order valence-electron chi connectivity index (χ4n) is 1.22. The Kier molecular flexibility index (Phi) is 2.90. The summed E-state index contributed by atoms with van der Waals surface area (Å²) in [6, 6.07) is 5.59. The molecule has 0 bridgehead atoms.